The zero-order chi connectivity index (χ0) is 21.9. The van der Waals surface area contributed by atoms with Crippen molar-refractivity contribution in [3.05, 3.63) is 75.2 Å². The molecule has 32 heavy (non-hydrogen) atoms. The summed E-state index contributed by atoms with van der Waals surface area (Å²) in [6.07, 6.45) is 3.76. The zero-order valence-corrected chi connectivity index (χ0v) is 18.2. The Morgan fingerprint density at radius 2 is 2.09 bits per heavy atom. The fraction of sp³-hybridized carbons (Fsp3) is 0.208. The van der Waals surface area contributed by atoms with Gasteiger partial charge in [0.05, 0.1) is 5.69 Å². The molecule has 2 aromatic carbocycles. The molecule has 0 bridgehead atoms. The van der Waals surface area contributed by atoms with Gasteiger partial charge < -0.3 is 5.32 Å². The topological polar surface area (TPSA) is 96.5 Å². The number of aromatic nitrogens is 5. The van der Waals surface area contributed by atoms with Crippen LogP contribution in [0.3, 0.4) is 0 Å². The number of hydrogen-bond donors (Lipinski definition) is 2. The van der Waals surface area contributed by atoms with E-state index in [1.807, 2.05) is 37.3 Å². The average Bonchev–Trinajstić information content (AvgIpc) is 3.44. The van der Waals surface area contributed by atoms with Gasteiger partial charge in [0, 0.05) is 33.7 Å². The summed E-state index contributed by atoms with van der Waals surface area (Å²) in [6.45, 7) is 1.88. The Labute approximate surface area is 189 Å². The number of carbonyl (C=O) groups is 1. The molecule has 1 aliphatic rings. The molecule has 8 heteroatoms. The molecule has 4 aromatic rings. The minimum Gasteiger partial charge on any atom is -0.322 e. The van der Waals surface area contributed by atoms with Gasteiger partial charge in [-0.15, -0.1) is 21.5 Å². The first kappa shape index (κ1) is 20.1. The number of carbonyl (C=O) groups excluding carboxylic acids is 1. The van der Waals surface area contributed by atoms with E-state index in [4.69, 9.17) is 0 Å². The van der Waals surface area contributed by atoms with Crippen LogP contribution in [0.2, 0.25) is 0 Å². The number of tetrazole rings is 1. The van der Waals surface area contributed by atoms with E-state index in [0.29, 0.717) is 23.0 Å². The summed E-state index contributed by atoms with van der Waals surface area (Å²) in [6, 6.07) is 13.0. The van der Waals surface area contributed by atoms with Crippen molar-refractivity contribution in [2.75, 3.05) is 5.32 Å². The number of nitrogens with one attached hydrogen (secondary N) is 2. The van der Waals surface area contributed by atoms with Gasteiger partial charge >= 0.3 is 0 Å². The highest BCUT2D eigenvalue weighted by Crippen LogP contribution is 2.36. The monoisotopic (exact) mass is 440 g/mol. The van der Waals surface area contributed by atoms with Crippen molar-refractivity contribution < 1.29 is 4.79 Å². The Hall–Kier alpha value is -3.83. The maximum atomic E-state index is 12.8. The van der Waals surface area contributed by atoms with Crippen molar-refractivity contribution in [1.29, 1.82) is 0 Å². The van der Waals surface area contributed by atoms with Gasteiger partial charge in [-0.1, -0.05) is 24.5 Å². The first-order chi connectivity index (χ1) is 15.7. The van der Waals surface area contributed by atoms with Gasteiger partial charge in [-0.3, -0.25) is 4.79 Å². The van der Waals surface area contributed by atoms with E-state index in [1.54, 1.807) is 23.5 Å². The van der Waals surface area contributed by atoms with Crippen molar-refractivity contribution in [2.45, 2.75) is 32.1 Å². The smallest absolute Gasteiger partial charge is 0.255 e. The Morgan fingerprint density at radius 3 is 2.84 bits per heavy atom. The molecule has 2 heterocycles. The van der Waals surface area contributed by atoms with Crippen molar-refractivity contribution in [3.63, 3.8) is 0 Å². The molecule has 1 amide bonds. The number of aryl methyl sites for hydroxylation is 1. The fourth-order valence-corrected chi connectivity index (χ4v) is 4.32. The second-order valence-electron chi connectivity index (χ2n) is 7.76. The highest BCUT2D eigenvalue weighted by atomic mass is 32.1. The first-order valence-corrected chi connectivity index (χ1v) is 11.3. The predicted octanol–water partition coefficient (Wildman–Crippen LogP) is 4.55. The molecule has 158 valence electrons. The Bertz CT molecular complexity index is 1330. The van der Waals surface area contributed by atoms with Crippen LogP contribution in [0.15, 0.2) is 47.8 Å². The van der Waals surface area contributed by atoms with Gasteiger partial charge in [0.15, 0.2) is 5.01 Å². The van der Waals surface area contributed by atoms with Crippen LogP contribution >= 0.6 is 11.3 Å². The minimum absolute atomic E-state index is 0.183. The molecule has 0 saturated heterocycles. The fourth-order valence-electron chi connectivity index (χ4n) is 3.58. The van der Waals surface area contributed by atoms with E-state index in [-0.39, 0.29) is 5.91 Å². The summed E-state index contributed by atoms with van der Waals surface area (Å²) in [5, 5.41) is 19.9. The zero-order valence-electron chi connectivity index (χ0n) is 17.4. The lowest BCUT2D eigenvalue weighted by molar-refractivity contribution is 0.102. The van der Waals surface area contributed by atoms with Crippen LogP contribution in [-0.2, 0) is 0 Å². The van der Waals surface area contributed by atoms with Gasteiger partial charge in [0.25, 0.3) is 5.91 Å². The van der Waals surface area contributed by atoms with E-state index in [2.05, 4.69) is 48.1 Å². The number of thiazole rings is 1. The SMILES string of the molecule is Cc1cc(-c2nn[nH]n2)ccc1C(=O)Nc1cccc(C#Cc2nc(C3CCC3)cs2)c1. The molecule has 0 unspecified atom stereocenters. The second kappa shape index (κ2) is 8.73. The first-order valence-electron chi connectivity index (χ1n) is 10.4. The lowest BCUT2D eigenvalue weighted by atomic mass is 9.83. The van der Waals surface area contributed by atoms with E-state index in [0.717, 1.165) is 21.7 Å². The maximum absolute atomic E-state index is 12.8. The molecular formula is C24H20N6OS. The number of benzene rings is 2. The van der Waals surface area contributed by atoms with E-state index < -0.39 is 0 Å². The summed E-state index contributed by atoms with van der Waals surface area (Å²) < 4.78 is 0. The van der Waals surface area contributed by atoms with Crippen molar-refractivity contribution in [1.82, 2.24) is 25.6 Å². The van der Waals surface area contributed by atoms with Gasteiger partial charge in [0.2, 0.25) is 5.82 Å². The summed E-state index contributed by atoms with van der Waals surface area (Å²) in [5.74, 6) is 7.24. The van der Waals surface area contributed by atoms with Crippen LogP contribution in [0.1, 0.15) is 57.4 Å². The van der Waals surface area contributed by atoms with E-state index in [1.165, 1.54) is 25.0 Å². The van der Waals surface area contributed by atoms with Gasteiger partial charge in [-0.2, -0.15) is 5.21 Å². The summed E-state index contributed by atoms with van der Waals surface area (Å²) in [4.78, 5) is 17.5. The molecule has 1 aliphatic carbocycles. The summed E-state index contributed by atoms with van der Waals surface area (Å²) in [7, 11) is 0. The molecule has 0 aliphatic heterocycles. The number of rotatable bonds is 4. The predicted molar refractivity (Wildman–Crippen MR) is 123 cm³/mol. The quantitative estimate of drug-likeness (QED) is 0.454. The summed E-state index contributed by atoms with van der Waals surface area (Å²) in [5.41, 5.74) is 4.90. The lowest BCUT2D eigenvalue weighted by Gasteiger charge is -2.22. The summed E-state index contributed by atoms with van der Waals surface area (Å²) >= 11 is 1.59. The third kappa shape index (κ3) is 4.29. The molecule has 5 rings (SSSR count). The molecule has 1 fully saturated rings. The van der Waals surface area contributed by atoms with Gasteiger partial charge in [0.1, 0.15) is 0 Å². The minimum atomic E-state index is -0.183. The van der Waals surface area contributed by atoms with Crippen molar-refractivity contribution in [3.8, 4) is 23.2 Å². The van der Waals surface area contributed by atoms with Crippen LogP contribution in [0.4, 0.5) is 5.69 Å². The molecule has 7 nitrogen and oxygen atoms in total. The third-order valence-corrected chi connectivity index (χ3v) is 6.33. The molecule has 1 saturated carbocycles. The average molecular weight is 441 g/mol. The van der Waals surface area contributed by atoms with Gasteiger partial charge in [-0.25, -0.2) is 4.98 Å². The Morgan fingerprint density at radius 1 is 1.19 bits per heavy atom. The van der Waals surface area contributed by atoms with Crippen LogP contribution in [0, 0.1) is 18.8 Å². The molecular weight excluding hydrogens is 420 g/mol. The van der Waals surface area contributed by atoms with Crippen LogP contribution < -0.4 is 5.32 Å². The number of hydrogen-bond acceptors (Lipinski definition) is 6. The van der Waals surface area contributed by atoms with Crippen molar-refractivity contribution >= 4 is 22.9 Å². The van der Waals surface area contributed by atoms with E-state index >= 15 is 0 Å². The normalized spacial score (nSPS) is 13.2. The number of anilines is 1. The van der Waals surface area contributed by atoms with Crippen LogP contribution in [0.5, 0.6) is 0 Å². The number of H-pyrrole nitrogens is 1. The highest BCUT2D eigenvalue weighted by molar-refractivity contribution is 7.10. The largest absolute Gasteiger partial charge is 0.322 e. The number of aromatic amines is 1. The Balaban J connectivity index is 1.29. The number of amides is 1. The molecule has 2 N–H and O–H groups in total. The van der Waals surface area contributed by atoms with Gasteiger partial charge in [-0.05, 0) is 66.8 Å². The van der Waals surface area contributed by atoms with E-state index in [9.17, 15) is 4.79 Å². The standard InChI is InChI=1S/C24H20N6OS/c1-15-12-18(23-27-29-30-28-23)9-10-20(15)24(31)25-19-7-2-4-16(13-19)8-11-22-26-21(14-32-22)17-5-3-6-17/h2,4,7,9-10,12-14,17H,3,5-6H2,1H3,(H,25,31)(H,27,28,29,30). The Kier molecular flexibility index (Phi) is 5.48. The lowest BCUT2D eigenvalue weighted by Crippen LogP contribution is -2.13. The van der Waals surface area contributed by atoms with Crippen LogP contribution in [0.25, 0.3) is 11.4 Å². The molecule has 0 atom stereocenters. The number of nitrogens with zero attached hydrogens (tertiary/aromatic N) is 4. The second-order valence-corrected chi connectivity index (χ2v) is 8.61. The van der Waals surface area contributed by atoms with Crippen LogP contribution in [-0.4, -0.2) is 31.5 Å². The molecule has 0 radical (unpaired) electrons. The highest BCUT2D eigenvalue weighted by Gasteiger charge is 2.21. The maximum Gasteiger partial charge on any atom is 0.255 e. The molecule has 0 spiro atoms. The third-order valence-electron chi connectivity index (χ3n) is 5.55. The van der Waals surface area contributed by atoms with Crippen molar-refractivity contribution in [2.24, 2.45) is 0 Å². The molecule has 2 aromatic heterocycles.